The third-order valence-corrected chi connectivity index (χ3v) is 5.88. The van der Waals surface area contributed by atoms with E-state index in [0.717, 1.165) is 50.4 Å². The molecule has 30 heavy (non-hydrogen) atoms. The van der Waals surface area contributed by atoms with E-state index < -0.39 is 0 Å². The van der Waals surface area contributed by atoms with Crippen molar-refractivity contribution in [2.45, 2.75) is 40.5 Å². The monoisotopic (exact) mass is 429 g/mol. The normalized spacial score (nSPS) is 14.6. The van der Waals surface area contributed by atoms with Crippen LogP contribution in [-0.2, 0) is 11.2 Å². The van der Waals surface area contributed by atoms with Gasteiger partial charge in [0.25, 0.3) is 0 Å². The van der Waals surface area contributed by atoms with E-state index in [9.17, 15) is 4.79 Å². The van der Waals surface area contributed by atoms with Crippen LogP contribution in [0.25, 0.3) is 0 Å². The molecule has 1 saturated heterocycles. The van der Waals surface area contributed by atoms with Gasteiger partial charge in [-0.15, -0.1) is 0 Å². The average Bonchev–Trinajstić information content (AvgIpc) is 2.80. The molecule has 2 N–H and O–H groups in total. The van der Waals surface area contributed by atoms with Crippen LogP contribution < -0.4 is 9.62 Å². The lowest BCUT2D eigenvalue weighted by Crippen LogP contribution is -2.50. The Morgan fingerprint density at radius 2 is 1.70 bits per heavy atom. The van der Waals surface area contributed by atoms with Crippen LogP contribution in [0.3, 0.4) is 0 Å². The van der Waals surface area contributed by atoms with Crippen LogP contribution in [0.1, 0.15) is 38.3 Å². The molecule has 0 spiro atoms. The summed E-state index contributed by atoms with van der Waals surface area (Å²) in [5, 5.41) is 0. The van der Waals surface area contributed by atoms with Gasteiger partial charge in [0.2, 0.25) is 5.91 Å². The standard InChI is InChI=1S/C22H29N3O2S.C2H6/c1-3-18(16-19-7-5-4-6-17(19)2)22(26)25-14-12-24(13-15-25)21-10-8-20(9-11-21)23-28-27;1-2/h4-11,18,23,27H,3,12-16H2,1-2H3;1-2H3. The molecule has 1 fully saturated rings. The summed E-state index contributed by atoms with van der Waals surface area (Å²) >= 11 is 0.598. The lowest BCUT2D eigenvalue weighted by atomic mass is 9.93. The molecule has 1 heterocycles. The first-order valence-corrected chi connectivity index (χ1v) is 11.6. The molecule has 1 aliphatic heterocycles. The number of nitrogens with zero attached hydrogens (tertiary/aromatic N) is 2. The first-order chi connectivity index (χ1) is 14.6. The molecule has 1 atom stereocenters. The zero-order valence-corrected chi connectivity index (χ0v) is 19.4. The summed E-state index contributed by atoms with van der Waals surface area (Å²) in [5.74, 6) is 0.332. The van der Waals surface area contributed by atoms with Crippen LogP contribution >= 0.6 is 12.2 Å². The van der Waals surface area contributed by atoms with E-state index >= 15 is 0 Å². The molecular weight excluding hydrogens is 394 g/mol. The molecule has 1 amide bonds. The largest absolute Gasteiger partial charge is 0.368 e. The second-order valence-electron chi connectivity index (χ2n) is 7.29. The highest BCUT2D eigenvalue weighted by Gasteiger charge is 2.27. The van der Waals surface area contributed by atoms with E-state index in [0.29, 0.717) is 12.2 Å². The molecule has 1 unspecified atom stereocenters. The summed E-state index contributed by atoms with van der Waals surface area (Å²) in [6.07, 6.45) is 1.68. The van der Waals surface area contributed by atoms with Gasteiger partial charge in [-0.2, -0.15) is 0 Å². The molecule has 0 saturated carbocycles. The molecular formula is C24H35N3O2S. The number of rotatable bonds is 7. The quantitative estimate of drug-likeness (QED) is 0.451. The molecule has 6 heteroatoms. The van der Waals surface area contributed by atoms with Gasteiger partial charge in [0.15, 0.2) is 0 Å². The molecule has 0 aromatic heterocycles. The van der Waals surface area contributed by atoms with Gasteiger partial charge in [-0.25, -0.2) is 0 Å². The predicted molar refractivity (Wildman–Crippen MR) is 129 cm³/mol. The van der Waals surface area contributed by atoms with Crippen LogP contribution in [0.15, 0.2) is 48.5 Å². The van der Waals surface area contributed by atoms with E-state index in [2.05, 4.69) is 41.7 Å². The number of hydrogen-bond acceptors (Lipinski definition) is 5. The summed E-state index contributed by atoms with van der Waals surface area (Å²) in [6.45, 7) is 11.4. The Bertz CT molecular complexity index is 774. The summed E-state index contributed by atoms with van der Waals surface area (Å²) in [4.78, 5) is 17.4. The van der Waals surface area contributed by atoms with Crippen molar-refractivity contribution >= 4 is 29.5 Å². The van der Waals surface area contributed by atoms with Crippen molar-refractivity contribution in [3.05, 3.63) is 59.7 Å². The number of piperazine rings is 1. The van der Waals surface area contributed by atoms with E-state index in [1.165, 1.54) is 11.1 Å². The van der Waals surface area contributed by atoms with Gasteiger partial charge in [0.05, 0.1) is 0 Å². The highest BCUT2D eigenvalue weighted by Crippen LogP contribution is 2.23. The number of anilines is 2. The van der Waals surface area contributed by atoms with Crippen LogP contribution in [0, 0.1) is 12.8 Å². The van der Waals surface area contributed by atoms with Crippen molar-refractivity contribution in [2.24, 2.45) is 5.92 Å². The first-order valence-electron chi connectivity index (χ1n) is 10.9. The maximum absolute atomic E-state index is 13.1. The molecule has 2 aromatic carbocycles. The zero-order valence-electron chi connectivity index (χ0n) is 18.6. The van der Waals surface area contributed by atoms with Crippen molar-refractivity contribution in [3.63, 3.8) is 0 Å². The maximum atomic E-state index is 13.1. The molecule has 0 aliphatic carbocycles. The van der Waals surface area contributed by atoms with Crippen molar-refractivity contribution < 1.29 is 9.35 Å². The SMILES string of the molecule is CC.CCC(Cc1ccccc1C)C(=O)N1CCN(c2ccc(NSO)cc2)CC1. The average molecular weight is 430 g/mol. The smallest absolute Gasteiger partial charge is 0.226 e. The van der Waals surface area contributed by atoms with Gasteiger partial charge in [0, 0.05) is 43.5 Å². The topological polar surface area (TPSA) is 55.8 Å². The Labute approximate surface area is 185 Å². The molecule has 2 aromatic rings. The summed E-state index contributed by atoms with van der Waals surface area (Å²) in [5.41, 5.74) is 4.55. The highest BCUT2D eigenvalue weighted by molar-refractivity contribution is 7.95. The second kappa shape index (κ2) is 12.5. The number of carbonyl (C=O) groups is 1. The fourth-order valence-electron chi connectivity index (χ4n) is 3.75. The van der Waals surface area contributed by atoms with Gasteiger partial charge in [-0.1, -0.05) is 45.0 Å². The van der Waals surface area contributed by atoms with Gasteiger partial charge < -0.3 is 19.1 Å². The van der Waals surface area contributed by atoms with Gasteiger partial charge in [-0.3, -0.25) is 4.79 Å². The minimum atomic E-state index is 0.0500. The Kier molecular flexibility index (Phi) is 10.0. The lowest BCUT2D eigenvalue weighted by Gasteiger charge is -2.37. The minimum Gasteiger partial charge on any atom is -0.368 e. The fraction of sp³-hybridized carbons (Fsp3) is 0.458. The van der Waals surface area contributed by atoms with Gasteiger partial charge >= 0.3 is 0 Å². The van der Waals surface area contributed by atoms with E-state index in [1.807, 2.05) is 49.1 Å². The van der Waals surface area contributed by atoms with Crippen molar-refractivity contribution in [2.75, 3.05) is 35.8 Å². The molecule has 1 aliphatic rings. The molecule has 5 nitrogen and oxygen atoms in total. The summed E-state index contributed by atoms with van der Waals surface area (Å²) < 4.78 is 11.7. The Balaban J connectivity index is 0.00000155. The van der Waals surface area contributed by atoms with Crippen LogP contribution in [0.2, 0.25) is 0 Å². The predicted octanol–water partition coefficient (Wildman–Crippen LogP) is 5.47. The third kappa shape index (κ3) is 6.41. The Hall–Kier alpha value is -2.18. The number of nitrogens with one attached hydrogen (secondary N) is 1. The first kappa shape index (κ1) is 24.1. The summed E-state index contributed by atoms with van der Waals surface area (Å²) in [7, 11) is 0. The number of benzene rings is 2. The third-order valence-electron chi connectivity index (χ3n) is 5.56. The van der Waals surface area contributed by atoms with Crippen LogP contribution in [0.4, 0.5) is 11.4 Å². The number of aryl methyl sites for hydroxylation is 1. The van der Waals surface area contributed by atoms with Crippen molar-refractivity contribution in [3.8, 4) is 0 Å². The van der Waals surface area contributed by atoms with Crippen LogP contribution in [-0.4, -0.2) is 41.5 Å². The van der Waals surface area contributed by atoms with Gasteiger partial charge in [-0.05, 0) is 55.2 Å². The highest BCUT2D eigenvalue weighted by atomic mass is 32.2. The molecule has 0 bridgehead atoms. The molecule has 3 rings (SSSR count). The van der Waals surface area contributed by atoms with Gasteiger partial charge in [0.1, 0.15) is 12.2 Å². The van der Waals surface area contributed by atoms with Crippen molar-refractivity contribution in [1.29, 1.82) is 0 Å². The summed E-state index contributed by atoms with van der Waals surface area (Å²) in [6, 6.07) is 16.3. The van der Waals surface area contributed by atoms with E-state index in [4.69, 9.17) is 4.55 Å². The second-order valence-corrected chi connectivity index (χ2v) is 7.68. The molecule has 164 valence electrons. The van der Waals surface area contributed by atoms with Crippen LogP contribution in [0.5, 0.6) is 0 Å². The van der Waals surface area contributed by atoms with E-state index in [1.54, 1.807) is 0 Å². The number of carbonyl (C=O) groups excluding carboxylic acids is 1. The maximum Gasteiger partial charge on any atom is 0.226 e. The zero-order chi connectivity index (χ0) is 21.9. The number of hydrogen-bond donors (Lipinski definition) is 2. The van der Waals surface area contributed by atoms with Crippen molar-refractivity contribution in [1.82, 2.24) is 4.90 Å². The Morgan fingerprint density at radius 1 is 1.07 bits per heavy atom. The Morgan fingerprint density at radius 3 is 2.27 bits per heavy atom. The fourth-order valence-corrected chi connectivity index (χ4v) is 3.99. The molecule has 0 radical (unpaired) electrons. The number of amides is 1. The minimum absolute atomic E-state index is 0.0500. The lowest BCUT2D eigenvalue weighted by molar-refractivity contribution is -0.135. The van der Waals surface area contributed by atoms with E-state index in [-0.39, 0.29) is 11.8 Å².